The number of hydrogen-bond donors (Lipinski definition) is 1. The molecule has 8 heteroatoms. The highest BCUT2D eigenvalue weighted by atomic mass is 79.9. The highest BCUT2D eigenvalue weighted by Crippen LogP contribution is 2.19. The number of ether oxygens (including phenoxy) is 2. The minimum absolute atomic E-state index is 0.0967. The molecule has 0 atom stereocenters. The molecule has 0 fully saturated rings. The van der Waals surface area contributed by atoms with Gasteiger partial charge in [-0.3, -0.25) is 10.1 Å². The van der Waals surface area contributed by atoms with E-state index in [4.69, 9.17) is 9.47 Å². The largest absolute Gasteiger partial charge is 0.497 e. The lowest BCUT2D eigenvalue weighted by molar-refractivity contribution is -0.118. The lowest BCUT2D eigenvalue weighted by Crippen LogP contribution is -2.20. The van der Waals surface area contributed by atoms with E-state index in [0.717, 1.165) is 16.8 Å². The summed E-state index contributed by atoms with van der Waals surface area (Å²) in [6, 6.07) is 7.07. The molecular formula is C13H14BrN3O3S. The molecule has 2 rings (SSSR count). The van der Waals surface area contributed by atoms with Crippen LogP contribution in [0.3, 0.4) is 0 Å². The molecule has 112 valence electrons. The number of aromatic nitrogens is 2. The molecule has 1 heterocycles. The Morgan fingerprint density at radius 3 is 2.95 bits per heavy atom. The molecule has 21 heavy (non-hydrogen) atoms. The molecule has 0 spiro atoms. The first-order chi connectivity index (χ1) is 10.2. The third kappa shape index (κ3) is 4.98. The quantitative estimate of drug-likeness (QED) is 0.756. The number of nitrogens with one attached hydrogen (secondary N) is 1. The zero-order chi connectivity index (χ0) is 15.1. The van der Waals surface area contributed by atoms with Crippen molar-refractivity contribution in [1.82, 2.24) is 10.2 Å². The lowest BCUT2D eigenvalue weighted by atomic mass is 10.3. The third-order valence-electron chi connectivity index (χ3n) is 2.43. The van der Waals surface area contributed by atoms with Crippen LogP contribution in [0, 0.1) is 0 Å². The van der Waals surface area contributed by atoms with Crippen molar-refractivity contribution in [3.63, 3.8) is 0 Å². The first-order valence-electron chi connectivity index (χ1n) is 6.16. The second kappa shape index (κ2) is 7.94. The summed E-state index contributed by atoms with van der Waals surface area (Å²) in [5.41, 5.74) is 0. The van der Waals surface area contributed by atoms with E-state index in [-0.39, 0.29) is 12.5 Å². The van der Waals surface area contributed by atoms with Crippen LogP contribution in [-0.4, -0.2) is 35.2 Å². The van der Waals surface area contributed by atoms with Crippen LogP contribution in [0.1, 0.15) is 5.01 Å². The van der Waals surface area contributed by atoms with Crippen LogP contribution in [0.5, 0.6) is 11.5 Å². The van der Waals surface area contributed by atoms with Crippen molar-refractivity contribution < 1.29 is 14.3 Å². The maximum atomic E-state index is 11.8. The Hall–Kier alpha value is -1.67. The molecule has 1 aromatic carbocycles. The molecule has 2 aromatic rings. The van der Waals surface area contributed by atoms with Crippen LogP contribution in [0.4, 0.5) is 5.13 Å². The van der Waals surface area contributed by atoms with Gasteiger partial charge in [-0.2, -0.15) is 0 Å². The maximum absolute atomic E-state index is 11.8. The highest BCUT2D eigenvalue weighted by molar-refractivity contribution is 9.09. The van der Waals surface area contributed by atoms with Gasteiger partial charge in [0.15, 0.2) is 6.61 Å². The van der Waals surface area contributed by atoms with E-state index in [1.165, 1.54) is 11.3 Å². The topological polar surface area (TPSA) is 73.3 Å². The van der Waals surface area contributed by atoms with E-state index in [9.17, 15) is 4.79 Å². The molecule has 1 N–H and O–H groups in total. The van der Waals surface area contributed by atoms with Gasteiger partial charge in [0.25, 0.3) is 5.91 Å². The minimum atomic E-state index is -0.278. The smallest absolute Gasteiger partial charge is 0.264 e. The number of carbonyl (C=O) groups is 1. The van der Waals surface area contributed by atoms with Crippen LogP contribution in [-0.2, 0) is 11.2 Å². The van der Waals surface area contributed by atoms with Gasteiger partial charge in [0, 0.05) is 17.8 Å². The number of rotatable bonds is 7. The monoisotopic (exact) mass is 371 g/mol. The SMILES string of the molecule is COc1cccc(OCC(=O)Nc2nnc(CCBr)s2)c1. The van der Waals surface area contributed by atoms with Crippen molar-refractivity contribution in [3.8, 4) is 11.5 Å². The van der Waals surface area contributed by atoms with E-state index in [1.807, 2.05) is 0 Å². The summed E-state index contributed by atoms with van der Waals surface area (Å²) in [6.45, 7) is -0.0967. The summed E-state index contributed by atoms with van der Waals surface area (Å²) in [5, 5.41) is 12.7. The molecule has 0 aliphatic carbocycles. The van der Waals surface area contributed by atoms with Crippen molar-refractivity contribution in [1.29, 1.82) is 0 Å². The predicted octanol–water partition coefficient (Wildman–Crippen LogP) is 2.50. The number of benzene rings is 1. The first kappa shape index (κ1) is 15.7. The average molecular weight is 372 g/mol. The second-order valence-electron chi connectivity index (χ2n) is 3.96. The predicted molar refractivity (Wildman–Crippen MR) is 84.5 cm³/mol. The summed E-state index contributed by atoms with van der Waals surface area (Å²) in [7, 11) is 1.58. The molecule has 6 nitrogen and oxygen atoms in total. The normalized spacial score (nSPS) is 10.2. The molecule has 0 unspecified atom stereocenters. The maximum Gasteiger partial charge on any atom is 0.264 e. The van der Waals surface area contributed by atoms with Crippen LogP contribution >= 0.6 is 27.3 Å². The van der Waals surface area contributed by atoms with Crippen LogP contribution < -0.4 is 14.8 Å². The van der Waals surface area contributed by atoms with Gasteiger partial charge < -0.3 is 9.47 Å². The number of aryl methyl sites for hydroxylation is 1. The summed E-state index contributed by atoms with van der Waals surface area (Å²) < 4.78 is 10.5. The Kier molecular flexibility index (Phi) is 5.94. The van der Waals surface area contributed by atoms with Gasteiger partial charge in [0.05, 0.1) is 7.11 Å². The van der Waals surface area contributed by atoms with Gasteiger partial charge in [0.1, 0.15) is 16.5 Å². The fraction of sp³-hybridized carbons (Fsp3) is 0.308. The molecule has 1 amide bonds. The summed E-state index contributed by atoms with van der Waals surface area (Å²) in [4.78, 5) is 11.8. The minimum Gasteiger partial charge on any atom is -0.497 e. The Bertz CT molecular complexity index is 606. The van der Waals surface area contributed by atoms with Crippen LogP contribution in [0.25, 0.3) is 0 Å². The van der Waals surface area contributed by atoms with Gasteiger partial charge in [-0.05, 0) is 12.1 Å². The summed E-state index contributed by atoms with van der Waals surface area (Å²) in [5.74, 6) is 0.970. The number of alkyl halides is 1. The molecular weight excluding hydrogens is 358 g/mol. The number of methoxy groups -OCH3 is 1. The molecule has 1 aromatic heterocycles. The fourth-order valence-corrected chi connectivity index (χ4v) is 2.87. The molecule has 0 aliphatic rings. The molecule has 0 radical (unpaired) electrons. The first-order valence-corrected chi connectivity index (χ1v) is 8.10. The fourth-order valence-electron chi connectivity index (χ4n) is 1.48. The number of halogens is 1. The molecule has 0 bridgehead atoms. The number of hydrogen-bond acceptors (Lipinski definition) is 6. The number of anilines is 1. The highest BCUT2D eigenvalue weighted by Gasteiger charge is 2.09. The number of carbonyl (C=O) groups excluding carboxylic acids is 1. The van der Waals surface area contributed by atoms with Crippen LogP contribution in [0.15, 0.2) is 24.3 Å². The van der Waals surface area contributed by atoms with Crippen molar-refractivity contribution >= 4 is 38.3 Å². The van der Waals surface area contributed by atoms with Crippen LogP contribution in [0.2, 0.25) is 0 Å². The zero-order valence-electron chi connectivity index (χ0n) is 11.3. The Labute approximate surface area is 134 Å². The standard InChI is InChI=1S/C13H14BrN3O3S/c1-19-9-3-2-4-10(7-9)20-8-11(18)15-13-17-16-12(21-13)5-6-14/h2-4,7H,5-6,8H2,1H3,(H,15,17,18). The van der Waals surface area contributed by atoms with Gasteiger partial charge in [-0.15, -0.1) is 10.2 Å². The molecule has 0 aliphatic heterocycles. The Morgan fingerprint density at radius 1 is 1.38 bits per heavy atom. The molecule has 0 saturated heterocycles. The number of amides is 1. The van der Waals surface area contributed by atoms with Crippen molar-refractivity contribution in [2.24, 2.45) is 0 Å². The Balaban J connectivity index is 1.83. The Morgan fingerprint density at radius 2 is 2.19 bits per heavy atom. The summed E-state index contributed by atoms with van der Waals surface area (Å²) >= 11 is 4.68. The zero-order valence-corrected chi connectivity index (χ0v) is 13.7. The van der Waals surface area contributed by atoms with Crippen molar-refractivity contribution in [3.05, 3.63) is 29.3 Å². The van der Waals surface area contributed by atoms with E-state index in [1.54, 1.807) is 31.4 Å². The number of nitrogens with zero attached hydrogens (tertiary/aromatic N) is 2. The van der Waals surface area contributed by atoms with Crippen molar-refractivity contribution in [2.45, 2.75) is 6.42 Å². The van der Waals surface area contributed by atoms with Gasteiger partial charge in [0.2, 0.25) is 5.13 Å². The van der Waals surface area contributed by atoms with Gasteiger partial charge in [-0.1, -0.05) is 33.3 Å². The van der Waals surface area contributed by atoms with E-state index < -0.39 is 0 Å². The van der Waals surface area contributed by atoms with E-state index in [0.29, 0.717) is 16.6 Å². The third-order valence-corrected chi connectivity index (χ3v) is 3.73. The van der Waals surface area contributed by atoms with E-state index >= 15 is 0 Å². The van der Waals surface area contributed by atoms with Crippen molar-refractivity contribution in [2.75, 3.05) is 24.4 Å². The van der Waals surface area contributed by atoms with E-state index in [2.05, 4.69) is 31.4 Å². The summed E-state index contributed by atoms with van der Waals surface area (Å²) in [6.07, 6.45) is 0.786. The van der Waals surface area contributed by atoms with Gasteiger partial charge in [-0.25, -0.2) is 0 Å². The lowest BCUT2D eigenvalue weighted by Gasteiger charge is -2.06. The average Bonchev–Trinajstić information content (AvgIpc) is 2.93. The van der Waals surface area contributed by atoms with Gasteiger partial charge >= 0.3 is 0 Å². The second-order valence-corrected chi connectivity index (χ2v) is 5.81. The molecule has 0 saturated carbocycles.